The molecule has 2 aromatic heterocycles. The highest BCUT2D eigenvalue weighted by Crippen LogP contribution is 2.26. The summed E-state index contributed by atoms with van der Waals surface area (Å²) in [6.45, 7) is 1.57. The van der Waals surface area contributed by atoms with Gasteiger partial charge in [-0.05, 0) is 48.7 Å². The van der Waals surface area contributed by atoms with Crippen LogP contribution in [0.3, 0.4) is 0 Å². The molecule has 0 bridgehead atoms. The van der Waals surface area contributed by atoms with Crippen LogP contribution in [0, 0.1) is 0 Å². The molecule has 0 aliphatic carbocycles. The lowest BCUT2D eigenvalue weighted by Crippen LogP contribution is -2.31. The highest BCUT2D eigenvalue weighted by molar-refractivity contribution is 7.92. The lowest BCUT2D eigenvalue weighted by molar-refractivity contribution is 0.0858. The number of sulfonamides is 1. The number of carbonyl (C=O) groups is 1. The van der Waals surface area contributed by atoms with Gasteiger partial charge in [-0.3, -0.25) is 9.10 Å². The Labute approximate surface area is 227 Å². The normalized spacial score (nSPS) is 15.3. The zero-order valence-electron chi connectivity index (χ0n) is 21.8. The number of fused-ring (bicyclic) bond motifs is 1. The van der Waals surface area contributed by atoms with Gasteiger partial charge >= 0.3 is 0 Å². The Morgan fingerprint density at radius 1 is 1.15 bits per heavy atom. The molecule has 12 heteroatoms. The average molecular weight is 550 g/mol. The van der Waals surface area contributed by atoms with Crippen LogP contribution >= 0.6 is 0 Å². The number of aromatic nitrogens is 3. The van der Waals surface area contributed by atoms with Gasteiger partial charge in [0.2, 0.25) is 16.0 Å². The molecule has 4 aromatic rings. The van der Waals surface area contributed by atoms with E-state index in [1.54, 1.807) is 36.5 Å². The number of nitrogens with zero attached hydrogens (tertiary/aromatic N) is 3. The number of rotatable bonds is 10. The molecule has 4 N–H and O–H groups in total. The number of aromatic amines is 1. The van der Waals surface area contributed by atoms with Crippen LogP contribution in [-0.2, 0) is 21.3 Å². The molecule has 1 amide bonds. The Morgan fingerprint density at radius 2 is 2.00 bits per heavy atom. The first-order chi connectivity index (χ1) is 18.8. The monoisotopic (exact) mass is 549 g/mol. The number of anilines is 4. The predicted molar refractivity (Wildman–Crippen MR) is 152 cm³/mol. The topological polar surface area (TPSA) is 141 Å². The molecule has 2 aromatic carbocycles. The number of para-hydroxylation sites is 1. The quantitative estimate of drug-likeness (QED) is 0.235. The molecule has 204 valence electrons. The van der Waals surface area contributed by atoms with Gasteiger partial charge in [0.05, 0.1) is 23.4 Å². The van der Waals surface area contributed by atoms with E-state index in [1.807, 2.05) is 24.3 Å². The van der Waals surface area contributed by atoms with Gasteiger partial charge < -0.3 is 25.7 Å². The van der Waals surface area contributed by atoms with Crippen molar-refractivity contribution < 1.29 is 17.9 Å². The molecule has 3 heterocycles. The Bertz CT molecular complexity index is 1580. The van der Waals surface area contributed by atoms with Gasteiger partial charge in [0.15, 0.2) is 0 Å². The summed E-state index contributed by atoms with van der Waals surface area (Å²) >= 11 is 0. The maximum Gasteiger partial charge on any atom is 0.251 e. The van der Waals surface area contributed by atoms with E-state index in [0.29, 0.717) is 47.4 Å². The molecule has 0 spiro atoms. The number of carbonyl (C=O) groups excluding carboxylic acids is 1. The van der Waals surface area contributed by atoms with E-state index in [0.717, 1.165) is 30.4 Å². The highest BCUT2D eigenvalue weighted by atomic mass is 32.2. The number of hydrogen-bond acceptors (Lipinski definition) is 8. The molecule has 1 unspecified atom stereocenters. The van der Waals surface area contributed by atoms with Crippen molar-refractivity contribution in [1.82, 2.24) is 20.3 Å². The minimum absolute atomic E-state index is 0.0702. The third-order valence-electron chi connectivity index (χ3n) is 6.59. The zero-order chi connectivity index (χ0) is 27.4. The van der Waals surface area contributed by atoms with Gasteiger partial charge in [-0.1, -0.05) is 24.3 Å². The van der Waals surface area contributed by atoms with Crippen LogP contribution in [-0.4, -0.2) is 61.8 Å². The standard InChI is InChI=1S/C27H31N7O4S/c1-34(39(2,36)37)23-11-4-3-7-19(23)16-29-25-22-12-13-28-24(22)32-27(33-25)31-20-9-5-8-18(15-20)26(35)30-17-21-10-6-14-38-21/h3-5,7-9,11-13,15,21H,6,10,14,16-17H2,1-2H3,(H,30,35)(H3,28,29,31,32,33). The summed E-state index contributed by atoms with van der Waals surface area (Å²) in [6, 6.07) is 16.3. The summed E-state index contributed by atoms with van der Waals surface area (Å²) in [4.78, 5) is 25.0. The Morgan fingerprint density at radius 3 is 2.79 bits per heavy atom. The Balaban J connectivity index is 1.33. The van der Waals surface area contributed by atoms with Crippen molar-refractivity contribution in [2.24, 2.45) is 0 Å². The van der Waals surface area contributed by atoms with Crippen molar-refractivity contribution >= 4 is 50.1 Å². The fourth-order valence-electron chi connectivity index (χ4n) is 4.44. The number of amides is 1. The number of benzene rings is 2. The third-order valence-corrected chi connectivity index (χ3v) is 7.78. The SMILES string of the molecule is CN(c1ccccc1CNc1nc(Nc2cccc(C(=O)NCC3CCCO3)c2)nc2[nH]ccc12)S(C)(=O)=O. The van der Waals surface area contributed by atoms with Gasteiger partial charge in [-0.25, -0.2) is 8.42 Å². The number of hydrogen-bond donors (Lipinski definition) is 4. The molecule has 11 nitrogen and oxygen atoms in total. The summed E-state index contributed by atoms with van der Waals surface area (Å²) in [5.41, 5.74) is 3.19. The molecule has 1 fully saturated rings. The summed E-state index contributed by atoms with van der Waals surface area (Å²) in [6.07, 6.45) is 4.99. The molecule has 39 heavy (non-hydrogen) atoms. The van der Waals surface area contributed by atoms with Crippen molar-refractivity contribution in [2.75, 3.05) is 41.4 Å². The van der Waals surface area contributed by atoms with E-state index in [-0.39, 0.29) is 12.0 Å². The predicted octanol–water partition coefficient (Wildman–Crippen LogP) is 3.62. The fourth-order valence-corrected chi connectivity index (χ4v) is 4.97. The molecular weight excluding hydrogens is 518 g/mol. The first-order valence-corrected chi connectivity index (χ1v) is 14.5. The molecule has 0 saturated carbocycles. The molecule has 5 rings (SSSR count). The smallest absolute Gasteiger partial charge is 0.251 e. The van der Waals surface area contributed by atoms with Crippen molar-refractivity contribution in [1.29, 1.82) is 0 Å². The molecule has 1 aliphatic heterocycles. The molecule has 1 saturated heterocycles. The van der Waals surface area contributed by atoms with E-state index < -0.39 is 10.0 Å². The summed E-state index contributed by atoms with van der Waals surface area (Å²) in [7, 11) is -1.89. The van der Waals surface area contributed by atoms with Crippen molar-refractivity contribution in [3.8, 4) is 0 Å². The van der Waals surface area contributed by atoms with Gasteiger partial charge in [0.25, 0.3) is 5.91 Å². The largest absolute Gasteiger partial charge is 0.376 e. The summed E-state index contributed by atoms with van der Waals surface area (Å²) < 4.78 is 31.1. The van der Waals surface area contributed by atoms with E-state index in [9.17, 15) is 13.2 Å². The van der Waals surface area contributed by atoms with E-state index >= 15 is 0 Å². The van der Waals surface area contributed by atoms with Crippen LogP contribution in [0.2, 0.25) is 0 Å². The third kappa shape index (κ3) is 6.29. The fraction of sp³-hybridized carbons (Fsp3) is 0.296. The second-order valence-corrected chi connectivity index (χ2v) is 11.4. The maximum absolute atomic E-state index is 12.7. The van der Waals surface area contributed by atoms with Crippen LogP contribution in [0.4, 0.5) is 23.1 Å². The lowest BCUT2D eigenvalue weighted by atomic mass is 10.1. The van der Waals surface area contributed by atoms with Gasteiger partial charge in [-0.2, -0.15) is 9.97 Å². The van der Waals surface area contributed by atoms with Crippen LogP contribution < -0.4 is 20.3 Å². The Kier molecular flexibility index (Phi) is 7.66. The number of H-pyrrole nitrogens is 1. The maximum atomic E-state index is 12.7. The second-order valence-electron chi connectivity index (χ2n) is 9.40. The number of nitrogens with one attached hydrogen (secondary N) is 4. The first kappa shape index (κ1) is 26.4. The van der Waals surface area contributed by atoms with E-state index in [1.165, 1.54) is 17.6 Å². The van der Waals surface area contributed by atoms with Crippen LogP contribution in [0.1, 0.15) is 28.8 Å². The lowest BCUT2D eigenvalue weighted by Gasteiger charge is -2.20. The Hall–Kier alpha value is -4.16. The number of ether oxygens (including phenoxy) is 1. The van der Waals surface area contributed by atoms with Crippen molar-refractivity contribution in [3.05, 3.63) is 71.9 Å². The first-order valence-electron chi connectivity index (χ1n) is 12.7. The van der Waals surface area contributed by atoms with Gasteiger partial charge in [0.1, 0.15) is 11.5 Å². The molecule has 0 radical (unpaired) electrons. The molecule has 1 atom stereocenters. The molecular formula is C27H31N7O4S. The minimum Gasteiger partial charge on any atom is -0.376 e. The van der Waals surface area contributed by atoms with Crippen molar-refractivity contribution in [3.63, 3.8) is 0 Å². The highest BCUT2D eigenvalue weighted by Gasteiger charge is 2.18. The minimum atomic E-state index is -3.42. The molecule has 1 aliphatic rings. The van der Waals surface area contributed by atoms with E-state index in [4.69, 9.17) is 4.74 Å². The summed E-state index contributed by atoms with van der Waals surface area (Å²) in [5.74, 6) is 0.742. The van der Waals surface area contributed by atoms with Crippen molar-refractivity contribution in [2.45, 2.75) is 25.5 Å². The van der Waals surface area contributed by atoms with Gasteiger partial charge in [0, 0.05) is 44.2 Å². The average Bonchev–Trinajstić information content (AvgIpc) is 3.62. The van der Waals surface area contributed by atoms with E-state index in [2.05, 4.69) is 30.9 Å². The van der Waals surface area contributed by atoms with Crippen LogP contribution in [0.5, 0.6) is 0 Å². The summed E-state index contributed by atoms with van der Waals surface area (Å²) in [5, 5.41) is 10.2. The van der Waals surface area contributed by atoms with Crippen LogP contribution in [0.15, 0.2) is 60.8 Å². The van der Waals surface area contributed by atoms with Gasteiger partial charge in [-0.15, -0.1) is 0 Å². The zero-order valence-corrected chi connectivity index (χ0v) is 22.6. The van der Waals surface area contributed by atoms with Crippen LogP contribution in [0.25, 0.3) is 11.0 Å². The second kappa shape index (κ2) is 11.3.